The highest BCUT2D eigenvalue weighted by Gasteiger charge is 2.15. The summed E-state index contributed by atoms with van der Waals surface area (Å²) in [5.41, 5.74) is 0. The van der Waals surface area contributed by atoms with Crippen LogP contribution in [0.3, 0.4) is 0 Å². The number of aryl methyl sites for hydroxylation is 2. The van der Waals surface area contributed by atoms with Crippen LogP contribution in [-0.4, -0.2) is 29.4 Å². The van der Waals surface area contributed by atoms with Crippen LogP contribution in [0, 0.1) is 0 Å². The van der Waals surface area contributed by atoms with Crippen LogP contribution >= 0.6 is 0 Å². The predicted octanol–water partition coefficient (Wildman–Crippen LogP) is -0.219. The maximum absolute atomic E-state index is 11.1. The van der Waals surface area contributed by atoms with Crippen LogP contribution in [0.5, 0.6) is 0 Å². The number of sulfone groups is 1. The molecule has 0 aromatic carbocycles. The maximum atomic E-state index is 11.1. The Labute approximate surface area is 71.3 Å². The van der Waals surface area contributed by atoms with E-state index in [2.05, 4.69) is 10.1 Å². The molecule has 0 amide bonds. The fraction of sp³-hybridized carbons (Fsp3) is 0.667. The molecule has 0 atom stereocenters. The highest BCUT2D eigenvalue weighted by atomic mass is 32.2. The molecule has 0 saturated heterocycles. The van der Waals surface area contributed by atoms with Crippen molar-refractivity contribution in [3.05, 3.63) is 5.82 Å². The van der Waals surface area contributed by atoms with Gasteiger partial charge in [-0.3, -0.25) is 0 Å². The first-order chi connectivity index (χ1) is 5.45. The summed E-state index contributed by atoms with van der Waals surface area (Å²) < 4.78 is 23.4. The zero-order valence-electron chi connectivity index (χ0n) is 7.27. The fourth-order valence-corrected chi connectivity index (χ4v) is 1.69. The molecule has 5 nitrogen and oxygen atoms in total. The molecular weight excluding hydrogens is 178 g/mol. The third kappa shape index (κ3) is 1.63. The van der Waals surface area contributed by atoms with Crippen molar-refractivity contribution < 1.29 is 8.42 Å². The lowest BCUT2D eigenvalue weighted by molar-refractivity contribution is 0.575. The number of rotatable bonds is 2. The van der Waals surface area contributed by atoms with E-state index in [-0.39, 0.29) is 5.16 Å². The summed E-state index contributed by atoms with van der Waals surface area (Å²) in [6.07, 6.45) is 1.76. The summed E-state index contributed by atoms with van der Waals surface area (Å²) >= 11 is 0. The van der Waals surface area contributed by atoms with Crippen molar-refractivity contribution in [3.8, 4) is 0 Å². The first-order valence-electron chi connectivity index (χ1n) is 3.55. The summed E-state index contributed by atoms with van der Waals surface area (Å²) in [5.74, 6) is 0.554. The Morgan fingerprint density at radius 3 is 2.33 bits per heavy atom. The lowest BCUT2D eigenvalue weighted by Crippen LogP contribution is -2.06. The van der Waals surface area contributed by atoms with Gasteiger partial charge in [0.05, 0.1) is 0 Å². The first kappa shape index (κ1) is 9.18. The van der Waals surface area contributed by atoms with E-state index in [9.17, 15) is 8.42 Å². The average Bonchev–Trinajstić information content (AvgIpc) is 2.29. The molecule has 0 fully saturated rings. The van der Waals surface area contributed by atoms with Gasteiger partial charge >= 0.3 is 0 Å². The van der Waals surface area contributed by atoms with Crippen LogP contribution in [0.25, 0.3) is 0 Å². The van der Waals surface area contributed by atoms with Gasteiger partial charge in [0.25, 0.3) is 0 Å². The van der Waals surface area contributed by atoms with Gasteiger partial charge in [0.1, 0.15) is 0 Å². The summed E-state index contributed by atoms with van der Waals surface area (Å²) in [6.45, 7) is 1.88. The molecule has 0 N–H and O–H groups in total. The standard InChI is InChI=1S/C6H11N3O2S/c1-4-5-7-6(9(2)8-5)12(3,10)11/h4H2,1-3H3. The van der Waals surface area contributed by atoms with Gasteiger partial charge < -0.3 is 0 Å². The lowest BCUT2D eigenvalue weighted by Gasteiger charge is -1.93. The number of aromatic nitrogens is 3. The third-order valence-electron chi connectivity index (χ3n) is 1.41. The van der Waals surface area contributed by atoms with E-state index in [1.165, 1.54) is 4.68 Å². The second-order valence-electron chi connectivity index (χ2n) is 2.56. The van der Waals surface area contributed by atoms with Crippen LogP contribution < -0.4 is 0 Å². The van der Waals surface area contributed by atoms with Crippen LogP contribution in [0.1, 0.15) is 12.7 Å². The zero-order chi connectivity index (χ0) is 9.35. The Morgan fingerprint density at radius 2 is 2.08 bits per heavy atom. The molecule has 1 heterocycles. The predicted molar refractivity (Wildman–Crippen MR) is 43.5 cm³/mol. The molecule has 1 aromatic heterocycles. The smallest absolute Gasteiger partial charge is 0.239 e. The molecule has 6 heteroatoms. The lowest BCUT2D eigenvalue weighted by atomic mass is 10.5. The highest BCUT2D eigenvalue weighted by Crippen LogP contribution is 2.04. The van der Waals surface area contributed by atoms with Gasteiger partial charge in [0.15, 0.2) is 5.82 Å². The molecule has 0 aliphatic rings. The first-order valence-corrected chi connectivity index (χ1v) is 5.44. The van der Waals surface area contributed by atoms with E-state index < -0.39 is 9.84 Å². The molecule has 0 bridgehead atoms. The Balaban J connectivity index is 3.27. The number of hydrogen-bond acceptors (Lipinski definition) is 4. The molecule has 0 unspecified atom stereocenters. The molecule has 0 spiro atoms. The highest BCUT2D eigenvalue weighted by molar-refractivity contribution is 7.90. The average molecular weight is 189 g/mol. The number of nitrogens with zero attached hydrogens (tertiary/aromatic N) is 3. The summed E-state index contributed by atoms with van der Waals surface area (Å²) in [7, 11) is -1.66. The summed E-state index contributed by atoms with van der Waals surface area (Å²) in [6, 6.07) is 0. The Hall–Kier alpha value is -0.910. The van der Waals surface area contributed by atoms with Gasteiger partial charge in [0, 0.05) is 19.7 Å². The monoisotopic (exact) mass is 189 g/mol. The Bertz CT molecular complexity index is 379. The minimum Gasteiger partial charge on any atom is -0.239 e. The van der Waals surface area contributed by atoms with Gasteiger partial charge in [-0.1, -0.05) is 6.92 Å². The van der Waals surface area contributed by atoms with Crippen molar-refractivity contribution in [1.82, 2.24) is 14.8 Å². The maximum Gasteiger partial charge on any atom is 0.245 e. The largest absolute Gasteiger partial charge is 0.245 e. The molecule has 0 aliphatic heterocycles. The molecule has 0 aliphatic carbocycles. The number of hydrogen-bond donors (Lipinski definition) is 0. The van der Waals surface area contributed by atoms with Gasteiger partial charge in [-0.05, 0) is 0 Å². The molecule has 1 aromatic rings. The summed E-state index contributed by atoms with van der Waals surface area (Å²) in [4.78, 5) is 3.86. The van der Waals surface area contributed by atoms with Gasteiger partial charge in [-0.15, -0.1) is 0 Å². The molecular formula is C6H11N3O2S. The quantitative estimate of drug-likeness (QED) is 0.645. The topological polar surface area (TPSA) is 64.8 Å². The molecule has 0 saturated carbocycles. The van der Waals surface area contributed by atoms with E-state index in [4.69, 9.17) is 0 Å². The minimum atomic E-state index is -3.23. The second kappa shape index (κ2) is 2.85. The van der Waals surface area contributed by atoms with Gasteiger partial charge in [-0.25, -0.2) is 18.1 Å². The van der Waals surface area contributed by atoms with Crippen molar-refractivity contribution in [2.24, 2.45) is 7.05 Å². The molecule has 12 heavy (non-hydrogen) atoms. The fourth-order valence-electron chi connectivity index (χ4n) is 0.894. The van der Waals surface area contributed by atoms with E-state index in [1.54, 1.807) is 7.05 Å². The summed E-state index contributed by atoms with van der Waals surface area (Å²) in [5, 5.41) is 3.95. The minimum absolute atomic E-state index is 0.0272. The molecule has 0 radical (unpaired) electrons. The van der Waals surface area contributed by atoms with Crippen LogP contribution in [-0.2, 0) is 23.3 Å². The SMILES string of the molecule is CCc1nc(S(C)(=O)=O)n(C)n1. The van der Waals surface area contributed by atoms with Crippen molar-refractivity contribution >= 4 is 9.84 Å². The van der Waals surface area contributed by atoms with Crippen LogP contribution in [0.15, 0.2) is 5.16 Å². The van der Waals surface area contributed by atoms with Crippen molar-refractivity contribution in [2.45, 2.75) is 18.5 Å². The van der Waals surface area contributed by atoms with Gasteiger partial charge in [-0.2, -0.15) is 5.10 Å². The van der Waals surface area contributed by atoms with Crippen molar-refractivity contribution in [1.29, 1.82) is 0 Å². The molecule has 68 valence electrons. The Kier molecular flexibility index (Phi) is 2.18. The second-order valence-corrected chi connectivity index (χ2v) is 4.47. The van der Waals surface area contributed by atoms with E-state index in [0.29, 0.717) is 12.2 Å². The van der Waals surface area contributed by atoms with Crippen LogP contribution in [0.4, 0.5) is 0 Å². The zero-order valence-corrected chi connectivity index (χ0v) is 8.09. The Morgan fingerprint density at radius 1 is 1.50 bits per heavy atom. The van der Waals surface area contributed by atoms with Crippen molar-refractivity contribution in [2.75, 3.05) is 6.26 Å². The van der Waals surface area contributed by atoms with Crippen molar-refractivity contribution in [3.63, 3.8) is 0 Å². The third-order valence-corrected chi connectivity index (χ3v) is 2.43. The van der Waals surface area contributed by atoms with Crippen LogP contribution in [0.2, 0.25) is 0 Å². The van der Waals surface area contributed by atoms with E-state index >= 15 is 0 Å². The van der Waals surface area contributed by atoms with E-state index in [0.717, 1.165) is 6.26 Å². The normalized spacial score (nSPS) is 11.9. The van der Waals surface area contributed by atoms with Gasteiger partial charge in [0.2, 0.25) is 15.0 Å². The molecule has 1 rings (SSSR count). The van der Waals surface area contributed by atoms with E-state index in [1.807, 2.05) is 6.92 Å².